The lowest BCUT2D eigenvalue weighted by atomic mass is 10.0. The number of rotatable bonds is 3. The van der Waals surface area contributed by atoms with Gasteiger partial charge < -0.3 is 0 Å². The Bertz CT molecular complexity index is 73.5. The molecule has 0 unspecified atom stereocenters. The van der Waals surface area contributed by atoms with Crippen molar-refractivity contribution in [3.63, 3.8) is 0 Å². The van der Waals surface area contributed by atoms with Gasteiger partial charge >= 0.3 is 0 Å². The van der Waals surface area contributed by atoms with Gasteiger partial charge in [-0.05, 0) is 13.3 Å². The van der Waals surface area contributed by atoms with Crippen LogP contribution in [0.5, 0.6) is 0 Å². The van der Waals surface area contributed by atoms with Crippen LogP contribution in [0.15, 0.2) is 0 Å². The normalized spacial score (nSPS) is 15.7. The van der Waals surface area contributed by atoms with E-state index in [4.69, 9.17) is 0 Å². The van der Waals surface area contributed by atoms with Crippen LogP contribution in [0.3, 0.4) is 0 Å². The van der Waals surface area contributed by atoms with E-state index in [2.05, 4.69) is 0 Å². The van der Waals surface area contributed by atoms with Gasteiger partial charge in [0.1, 0.15) is 0 Å². The molecule has 0 saturated carbocycles. The molecule has 0 radical (unpaired) electrons. The highest BCUT2D eigenvalue weighted by Crippen LogP contribution is 2.26. The molecule has 0 heterocycles. The minimum absolute atomic E-state index is 0.470. The molecule has 56 valence electrons. The van der Waals surface area contributed by atoms with Crippen molar-refractivity contribution in [1.29, 1.82) is 0 Å². The van der Waals surface area contributed by atoms with E-state index >= 15 is 0 Å². The third-order valence-electron chi connectivity index (χ3n) is 1.59. The number of halogens is 2. The fraction of sp³-hybridized carbons (Fsp3) is 1.00. The van der Waals surface area contributed by atoms with E-state index in [0.717, 1.165) is 13.3 Å². The van der Waals surface area contributed by atoms with Crippen LogP contribution in [0, 0.1) is 5.92 Å². The van der Waals surface area contributed by atoms with E-state index in [1.807, 2.05) is 6.92 Å². The summed E-state index contributed by atoms with van der Waals surface area (Å²) >= 11 is 0. The average Bonchev–Trinajstić information content (AvgIpc) is 1.64. The van der Waals surface area contributed by atoms with Crippen LogP contribution < -0.4 is 0 Å². The maximum atomic E-state index is 12.3. The van der Waals surface area contributed by atoms with Gasteiger partial charge in [0.15, 0.2) is 0 Å². The van der Waals surface area contributed by atoms with Gasteiger partial charge in [-0.25, -0.2) is 8.78 Å². The Balaban J connectivity index is 3.59. The van der Waals surface area contributed by atoms with Crippen LogP contribution in [-0.4, -0.2) is 5.92 Å². The summed E-state index contributed by atoms with van der Waals surface area (Å²) in [7, 11) is 0. The maximum absolute atomic E-state index is 12.3. The zero-order chi connectivity index (χ0) is 7.49. The first-order chi connectivity index (χ1) is 3.98. The van der Waals surface area contributed by atoms with Gasteiger partial charge in [-0.3, -0.25) is 0 Å². The molecule has 0 aromatic rings. The van der Waals surface area contributed by atoms with E-state index in [9.17, 15) is 8.78 Å². The van der Waals surface area contributed by atoms with Gasteiger partial charge in [0.25, 0.3) is 0 Å². The van der Waals surface area contributed by atoms with Crippen molar-refractivity contribution in [2.24, 2.45) is 5.92 Å². The van der Waals surface area contributed by atoms with Crippen LogP contribution in [0.25, 0.3) is 0 Å². The Morgan fingerprint density at radius 3 is 2.00 bits per heavy atom. The SMILES string of the molecule is CCC[C@H](C)C(C)(F)F. The van der Waals surface area contributed by atoms with Crippen LogP contribution in [0.1, 0.15) is 33.6 Å². The molecule has 9 heavy (non-hydrogen) atoms. The summed E-state index contributed by atoms with van der Waals surface area (Å²) in [5.74, 6) is -2.96. The van der Waals surface area contributed by atoms with Gasteiger partial charge in [0, 0.05) is 5.92 Å². The monoisotopic (exact) mass is 136 g/mol. The van der Waals surface area contributed by atoms with E-state index in [-0.39, 0.29) is 0 Å². The lowest BCUT2D eigenvalue weighted by molar-refractivity contribution is -0.0354. The van der Waals surface area contributed by atoms with Crippen molar-refractivity contribution in [3.8, 4) is 0 Å². The average molecular weight is 136 g/mol. The Labute approximate surface area is 55.3 Å². The quantitative estimate of drug-likeness (QED) is 0.559. The molecule has 0 bridgehead atoms. The van der Waals surface area contributed by atoms with Crippen molar-refractivity contribution in [2.45, 2.75) is 39.5 Å². The zero-order valence-electron chi connectivity index (χ0n) is 6.25. The molecule has 0 aliphatic rings. The molecule has 2 heteroatoms. The van der Waals surface area contributed by atoms with Crippen LogP contribution in [0.2, 0.25) is 0 Å². The highest BCUT2D eigenvalue weighted by molar-refractivity contribution is 4.66. The summed E-state index contributed by atoms with van der Waals surface area (Å²) in [5.41, 5.74) is 0. The molecule has 1 atom stereocenters. The fourth-order valence-electron chi connectivity index (χ4n) is 0.686. The Hall–Kier alpha value is -0.140. The second-order valence-corrected chi connectivity index (χ2v) is 2.65. The standard InChI is InChI=1S/C7H14F2/c1-4-5-6(2)7(3,8)9/h6H,4-5H2,1-3H3/t6-/m0/s1. The van der Waals surface area contributed by atoms with Gasteiger partial charge in [-0.15, -0.1) is 0 Å². The van der Waals surface area contributed by atoms with Crippen LogP contribution in [0.4, 0.5) is 8.78 Å². The first kappa shape index (κ1) is 8.86. The summed E-state index contributed by atoms with van der Waals surface area (Å²) in [4.78, 5) is 0. The van der Waals surface area contributed by atoms with Crippen LogP contribution >= 0.6 is 0 Å². The molecule has 0 N–H and O–H groups in total. The van der Waals surface area contributed by atoms with E-state index in [1.54, 1.807) is 6.92 Å². The summed E-state index contributed by atoms with van der Waals surface area (Å²) in [6.07, 6.45) is 1.45. The number of hydrogen-bond donors (Lipinski definition) is 0. The molecular weight excluding hydrogens is 122 g/mol. The maximum Gasteiger partial charge on any atom is 0.247 e. The Kier molecular flexibility index (Phi) is 3.09. The van der Waals surface area contributed by atoms with Crippen molar-refractivity contribution in [3.05, 3.63) is 0 Å². The zero-order valence-corrected chi connectivity index (χ0v) is 6.25. The third-order valence-corrected chi connectivity index (χ3v) is 1.59. The number of hydrogen-bond acceptors (Lipinski definition) is 0. The largest absolute Gasteiger partial charge is 0.247 e. The molecule has 0 fully saturated rings. The van der Waals surface area contributed by atoms with Gasteiger partial charge in [0.2, 0.25) is 5.92 Å². The van der Waals surface area contributed by atoms with E-state index in [1.165, 1.54) is 0 Å². The first-order valence-electron chi connectivity index (χ1n) is 3.36. The van der Waals surface area contributed by atoms with Crippen molar-refractivity contribution in [2.75, 3.05) is 0 Å². The van der Waals surface area contributed by atoms with E-state index < -0.39 is 11.8 Å². The molecule has 0 spiro atoms. The molecule has 0 aromatic heterocycles. The minimum atomic E-state index is -2.49. The molecule has 0 aromatic carbocycles. The van der Waals surface area contributed by atoms with Crippen molar-refractivity contribution >= 4 is 0 Å². The lowest BCUT2D eigenvalue weighted by Crippen LogP contribution is -2.20. The summed E-state index contributed by atoms with van der Waals surface area (Å²) in [6, 6.07) is 0. The molecule has 0 aliphatic carbocycles. The van der Waals surface area contributed by atoms with Gasteiger partial charge in [-0.2, -0.15) is 0 Å². The van der Waals surface area contributed by atoms with Gasteiger partial charge in [0.05, 0.1) is 0 Å². The number of alkyl halides is 2. The summed E-state index contributed by atoms with van der Waals surface area (Å²) in [6.45, 7) is 4.49. The molecular formula is C7H14F2. The van der Waals surface area contributed by atoms with E-state index in [0.29, 0.717) is 6.42 Å². The molecule has 0 aliphatic heterocycles. The molecule has 0 rings (SSSR count). The fourth-order valence-corrected chi connectivity index (χ4v) is 0.686. The summed E-state index contributed by atoms with van der Waals surface area (Å²) in [5, 5.41) is 0. The van der Waals surface area contributed by atoms with Crippen molar-refractivity contribution in [1.82, 2.24) is 0 Å². The highest BCUT2D eigenvalue weighted by atomic mass is 19.3. The predicted octanol–water partition coefficient (Wildman–Crippen LogP) is 3.08. The summed E-state index contributed by atoms with van der Waals surface area (Å²) < 4.78 is 24.6. The molecule has 0 nitrogen and oxygen atoms in total. The topological polar surface area (TPSA) is 0 Å². The Morgan fingerprint density at radius 1 is 1.44 bits per heavy atom. The van der Waals surface area contributed by atoms with Gasteiger partial charge in [-0.1, -0.05) is 20.3 Å². The highest BCUT2D eigenvalue weighted by Gasteiger charge is 2.28. The second kappa shape index (κ2) is 3.14. The lowest BCUT2D eigenvalue weighted by Gasteiger charge is -2.17. The second-order valence-electron chi connectivity index (χ2n) is 2.65. The predicted molar refractivity (Wildman–Crippen MR) is 34.7 cm³/mol. The molecule has 0 saturated heterocycles. The van der Waals surface area contributed by atoms with Crippen LogP contribution in [-0.2, 0) is 0 Å². The first-order valence-corrected chi connectivity index (χ1v) is 3.36. The smallest absolute Gasteiger partial charge is 0.207 e. The van der Waals surface area contributed by atoms with Crippen molar-refractivity contribution < 1.29 is 8.78 Å². The Morgan fingerprint density at radius 2 is 1.89 bits per heavy atom. The third kappa shape index (κ3) is 3.44. The molecule has 0 amide bonds. The minimum Gasteiger partial charge on any atom is -0.207 e.